The third-order valence-corrected chi connectivity index (χ3v) is 3.05. The second kappa shape index (κ2) is 8.08. The van der Waals surface area contributed by atoms with Crippen molar-refractivity contribution < 1.29 is 4.74 Å². The van der Waals surface area contributed by atoms with Crippen molar-refractivity contribution in [1.82, 2.24) is 10.2 Å². The average Bonchev–Trinajstić information content (AvgIpc) is 2.75. The Hall–Kier alpha value is -0.120. The first kappa shape index (κ1) is 12.9. The van der Waals surface area contributed by atoms with Gasteiger partial charge >= 0.3 is 0 Å². The third-order valence-electron chi connectivity index (χ3n) is 3.05. The smallest absolute Gasteiger partial charge is 0.0507 e. The highest BCUT2D eigenvalue weighted by atomic mass is 16.5. The van der Waals surface area contributed by atoms with Crippen molar-refractivity contribution in [2.75, 3.05) is 45.9 Å². The van der Waals surface area contributed by atoms with Crippen molar-refractivity contribution in [3.63, 3.8) is 0 Å². The Bertz CT molecular complexity index is 147. The molecule has 1 saturated heterocycles. The minimum absolute atomic E-state index is 0.756. The van der Waals surface area contributed by atoms with Gasteiger partial charge in [-0.25, -0.2) is 0 Å². The number of likely N-dealkylation sites (N-methyl/N-ethyl adjacent to an activating group) is 1. The Morgan fingerprint density at radius 3 is 2.80 bits per heavy atom. The van der Waals surface area contributed by atoms with E-state index in [2.05, 4.69) is 24.1 Å². The first-order chi connectivity index (χ1) is 7.36. The van der Waals surface area contributed by atoms with E-state index < -0.39 is 0 Å². The summed E-state index contributed by atoms with van der Waals surface area (Å²) in [4.78, 5) is 2.50. The molecule has 1 unspecified atom stereocenters. The Labute approximate surface area is 94.2 Å². The molecule has 1 fully saturated rings. The van der Waals surface area contributed by atoms with Gasteiger partial charge in [-0.3, -0.25) is 0 Å². The van der Waals surface area contributed by atoms with Gasteiger partial charge < -0.3 is 15.0 Å². The molecular weight excluding hydrogens is 188 g/mol. The highest BCUT2D eigenvalue weighted by molar-refractivity contribution is 4.67. The fourth-order valence-electron chi connectivity index (χ4n) is 2.03. The second-order valence-corrected chi connectivity index (χ2v) is 4.37. The molecule has 0 saturated carbocycles. The van der Waals surface area contributed by atoms with Crippen LogP contribution in [0.2, 0.25) is 0 Å². The molecule has 1 aliphatic heterocycles. The number of nitrogens with one attached hydrogen (secondary N) is 1. The monoisotopic (exact) mass is 214 g/mol. The van der Waals surface area contributed by atoms with Crippen molar-refractivity contribution in [2.45, 2.75) is 26.7 Å². The molecule has 3 heteroatoms. The molecule has 0 bridgehead atoms. The van der Waals surface area contributed by atoms with E-state index >= 15 is 0 Å². The topological polar surface area (TPSA) is 24.5 Å². The molecule has 0 aromatic heterocycles. The summed E-state index contributed by atoms with van der Waals surface area (Å²) in [6, 6.07) is 0. The van der Waals surface area contributed by atoms with Crippen LogP contribution in [0.5, 0.6) is 0 Å². The maximum atomic E-state index is 5.34. The first-order valence-electron chi connectivity index (χ1n) is 6.37. The molecule has 1 atom stereocenters. The first-order valence-corrected chi connectivity index (χ1v) is 6.37. The Morgan fingerprint density at radius 2 is 2.20 bits per heavy atom. The molecule has 90 valence electrons. The fourth-order valence-corrected chi connectivity index (χ4v) is 2.03. The molecule has 1 N–H and O–H groups in total. The standard InChI is InChI=1S/C12H26N2O/c1-3-7-14(4-2)8-6-13-10-12-5-9-15-11-12/h12-13H,3-11H2,1-2H3. The van der Waals surface area contributed by atoms with E-state index in [1.807, 2.05) is 0 Å². The lowest BCUT2D eigenvalue weighted by Crippen LogP contribution is -2.34. The van der Waals surface area contributed by atoms with Crippen LogP contribution in [0.15, 0.2) is 0 Å². The number of ether oxygens (including phenoxy) is 1. The third kappa shape index (κ3) is 5.50. The minimum atomic E-state index is 0.756. The van der Waals surface area contributed by atoms with E-state index in [1.165, 1.54) is 32.5 Å². The summed E-state index contributed by atoms with van der Waals surface area (Å²) in [5, 5.41) is 3.53. The van der Waals surface area contributed by atoms with Crippen molar-refractivity contribution in [1.29, 1.82) is 0 Å². The van der Waals surface area contributed by atoms with Crippen molar-refractivity contribution in [2.24, 2.45) is 5.92 Å². The number of rotatable bonds is 8. The van der Waals surface area contributed by atoms with Crippen molar-refractivity contribution in [3.05, 3.63) is 0 Å². The SMILES string of the molecule is CCCN(CC)CCNCC1CCOC1. The molecule has 0 spiro atoms. The summed E-state index contributed by atoms with van der Waals surface area (Å²) in [7, 11) is 0. The Morgan fingerprint density at radius 1 is 1.33 bits per heavy atom. The van der Waals surface area contributed by atoms with Crippen LogP contribution in [0.4, 0.5) is 0 Å². The molecule has 0 amide bonds. The van der Waals surface area contributed by atoms with Gasteiger partial charge in [-0.2, -0.15) is 0 Å². The Kier molecular flexibility index (Phi) is 6.98. The minimum Gasteiger partial charge on any atom is -0.381 e. The maximum absolute atomic E-state index is 5.34. The van der Waals surface area contributed by atoms with Crippen LogP contribution in [0.3, 0.4) is 0 Å². The summed E-state index contributed by atoms with van der Waals surface area (Å²) in [6.45, 7) is 12.2. The van der Waals surface area contributed by atoms with Gasteiger partial charge in [0.15, 0.2) is 0 Å². The summed E-state index contributed by atoms with van der Waals surface area (Å²) in [5.74, 6) is 0.756. The zero-order valence-electron chi connectivity index (χ0n) is 10.3. The lowest BCUT2D eigenvalue weighted by molar-refractivity contribution is 0.185. The van der Waals surface area contributed by atoms with Crippen molar-refractivity contribution >= 4 is 0 Å². The van der Waals surface area contributed by atoms with Gasteiger partial charge in [0.05, 0.1) is 6.61 Å². The zero-order chi connectivity index (χ0) is 10.9. The molecule has 0 aromatic carbocycles. The highest BCUT2D eigenvalue weighted by Crippen LogP contribution is 2.10. The fraction of sp³-hybridized carbons (Fsp3) is 1.00. The van der Waals surface area contributed by atoms with E-state index in [1.54, 1.807) is 0 Å². The number of hydrogen-bond acceptors (Lipinski definition) is 3. The molecule has 0 radical (unpaired) electrons. The predicted octanol–water partition coefficient (Wildman–Crippen LogP) is 1.34. The van der Waals surface area contributed by atoms with Gasteiger partial charge in [-0.1, -0.05) is 13.8 Å². The summed E-state index contributed by atoms with van der Waals surface area (Å²) < 4.78 is 5.34. The molecular formula is C12H26N2O. The molecule has 0 aromatic rings. The van der Waals surface area contributed by atoms with Crippen LogP contribution in [-0.4, -0.2) is 50.8 Å². The lowest BCUT2D eigenvalue weighted by Gasteiger charge is -2.20. The summed E-state index contributed by atoms with van der Waals surface area (Å²) in [5.41, 5.74) is 0. The van der Waals surface area contributed by atoms with Crippen LogP contribution in [0.25, 0.3) is 0 Å². The maximum Gasteiger partial charge on any atom is 0.0507 e. The average molecular weight is 214 g/mol. The molecule has 15 heavy (non-hydrogen) atoms. The van der Waals surface area contributed by atoms with Gasteiger partial charge in [0.25, 0.3) is 0 Å². The van der Waals surface area contributed by atoms with Gasteiger partial charge in [0.1, 0.15) is 0 Å². The molecule has 1 rings (SSSR count). The van der Waals surface area contributed by atoms with Gasteiger partial charge in [-0.15, -0.1) is 0 Å². The van der Waals surface area contributed by atoms with Crippen molar-refractivity contribution in [3.8, 4) is 0 Å². The van der Waals surface area contributed by atoms with E-state index in [0.717, 1.165) is 32.2 Å². The lowest BCUT2D eigenvalue weighted by atomic mass is 10.1. The normalized spacial score (nSPS) is 21.4. The second-order valence-electron chi connectivity index (χ2n) is 4.37. The van der Waals surface area contributed by atoms with E-state index in [0.29, 0.717) is 0 Å². The molecule has 1 heterocycles. The number of hydrogen-bond donors (Lipinski definition) is 1. The molecule has 0 aliphatic carbocycles. The molecule has 3 nitrogen and oxygen atoms in total. The van der Waals surface area contributed by atoms with Gasteiger partial charge in [0.2, 0.25) is 0 Å². The van der Waals surface area contributed by atoms with Gasteiger partial charge in [-0.05, 0) is 31.8 Å². The van der Waals surface area contributed by atoms with Crippen LogP contribution >= 0.6 is 0 Å². The van der Waals surface area contributed by atoms with Gasteiger partial charge in [0, 0.05) is 26.2 Å². The highest BCUT2D eigenvalue weighted by Gasteiger charge is 2.14. The van der Waals surface area contributed by atoms with Crippen LogP contribution < -0.4 is 5.32 Å². The quantitative estimate of drug-likeness (QED) is 0.617. The number of nitrogens with zero attached hydrogens (tertiary/aromatic N) is 1. The summed E-state index contributed by atoms with van der Waals surface area (Å²) in [6.07, 6.45) is 2.49. The van der Waals surface area contributed by atoms with Crippen LogP contribution in [0, 0.1) is 5.92 Å². The van der Waals surface area contributed by atoms with Crippen LogP contribution in [0.1, 0.15) is 26.7 Å². The van der Waals surface area contributed by atoms with E-state index in [-0.39, 0.29) is 0 Å². The molecule has 1 aliphatic rings. The Balaban J connectivity index is 1.94. The predicted molar refractivity (Wildman–Crippen MR) is 64.2 cm³/mol. The van der Waals surface area contributed by atoms with E-state index in [4.69, 9.17) is 4.74 Å². The van der Waals surface area contributed by atoms with Crippen LogP contribution in [-0.2, 0) is 4.74 Å². The van der Waals surface area contributed by atoms with E-state index in [9.17, 15) is 0 Å². The zero-order valence-corrected chi connectivity index (χ0v) is 10.3. The largest absolute Gasteiger partial charge is 0.381 e. The summed E-state index contributed by atoms with van der Waals surface area (Å²) >= 11 is 0.